The number of rotatable bonds is 7. The molecule has 8 heteroatoms. The molecule has 1 aromatic heterocycles. The van der Waals surface area contributed by atoms with Crippen molar-refractivity contribution < 1.29 is 23.8 Å². The zero-order valence-corrected chi connectivity index (χ0v) is 15.9. The van der Waals surface area contributed by atoms with Gasteiger partial charge in [0.15, 0.2) is 6.61 Å². The lowest BCUT2D eigenvalue weighted by Crippen LogP contribution is -2.44. The molecule has 26 heavy (non-hydrogen) atoms. The van der Waals surface area contributed by atoms with Crippen molar-refractivity contribution in [3.05, 3.63) is 39.2 Å². The van der Waals surface area contributed by atoms with Gasteiger partial charge >= 0.3 is 11.6 Å². The normalized spacial score (nSPS) is 12.0. The van der Waals surface area contributed by atoms with Gasteiger partial charge in [0.1, 0.15) is 17.4 Å². The highest BCUT2D eigenvalue weighted by Crippen LogP contribution is 2.29. The molecule has 2 rings (SSSR count). The summed E-state index contributed by atoms with van der Waals surface area (Å²) in [7, 11) is 0. The fourth-order valence-electron chi connectivity index (χ4n) is 2.50. The fraction of sp³-hybridized carbons (Fsp3) is 0.389. The third-order valence-corrected chi connectivity index (χ3v) is 4.82. The predicted octanol–water partition coefficient (Wildman–Crippen LogP) is 2.03. The second-order valence-corrected chi connectivity index (χ2v) is 6.82. The smallest absolute Gasteiger partial charge is 0.339 e. The summed E-state index contributed by atoms with van der Waals surface area (Å²) in [5.41, 5.74) is 2.01. The van der Waals surface area contributed by atoms with Crippen molar-refractivity contribution in [2.45, 2.75) is 26.8 Å². The van der Waals surface area contributed by atoms with E-state index in [9.17, 15) is 14.4 Å². The van der Waals surface area contributed by atoms with E-state index >= 15 is 0 Å². The molecule has 140 valence electrons. The average molecular weight is 379 g/mol. The zero-order valence-electron chi connectivity index (χ0n) is 15.0. The molecule has 0 aliphatic carbocycles. The van der Waals surface area contributed by atoms with Crippen molar-refractivity contribution in [1.82, 2.24) is 5.32 Å². The van der Waals surface area contributed by atoms with Gasteiger partial charge in [0, 0.05) is 22.3 Å². The molecule has 2 N–H and O–H groups in total. The van der Waals surface area contributed by atoms with E-state index in [-0.39, 0.29) is 12.4 Å². The van der Waals surface area contributed by atoms with Crippen molar-refractivity contribution >= 4 is 34.6 Å². The number of nitrogens with one attached hydrogen (secondary N) is 1. The van der Waals surface area contributed by atoms with Crippen LogP contribution in [-0.4, -0.2) is 41.6 Å². The minimum Gasteiger partial charge on any atom is -0.483 e. The summed E-state index contributed by atoms with van der Waals surface area (Å²) in [5.74, 6) is -0.967. The number of ether oxygens (including phenoxy) is 1. The molecule has 7 nitrogen and oxygen atoms in total. The molecule has 0 saturated heterocycles. The van der Waals surface area contributed by atoms with Crippen LogP contribution in [-0.2, 0) is 9.59 Å². The zero-order chi connectivity index (χ0) is 19.4. The number of carboxylic acids is 1. The maximum Gasteiger partial charge on any atom is 0.339 e. The summed E-state index contributed by atoms with van der Waals surface area (Å²) in [6, 6.07) is 2.50. The molecule has 0 spiro atoms. The van der Waals surface area contributed by atoms with Gasteiger partial charge in [-0.2, -0.15) is 11.8 Å². The summed E-state index contributed by atoms with van der Waals surface area (Å²) in [4.78, 5) is 34.9. The first-order valence-corrected chi connectivity index (χ1v) is 9.33. The van der Waals surface area contributed by atoms with Gasteiger partial charge in [-0.05, 0) is 44.7 Å². The Labute approximate surface area is 154 Å². The number of aryl methyl sites for hydroxylation is 2. The third-order valence-electron chi connectivity index (χ3n) is 4.15. The fourth-order valence-corrected chi connectivity index (χ4v) is 3.06. The summed E-state index contributed by atoms with van der Waals surface area (Å²) in [5, 5.41) is 12.3. The number of carboxylic acid groups (broad SMARTS) is 1. The lowest BCUT2D eigenvalue weighted by Gasteiger charge is -2.15. The quantitative estimate of drug-likeness (QED) is 0.709. The first kappa shape index (κ1) is 19.8. The van der Waals surface area contributed by atoms with Crippen molar-refractivity contribution in [3.8, 4) is 5.75 Å². The minimum absolute atomic E-state index is 0.264. The van der Waals surface area contributed by atoms with E-state index in [1.165, 1.54) is 11.8 Å². The van der Waals surface area contributed by atoms with Gasteiger partial charge in [0.05, 0.1) is 0 Å². The summed E-state index contributed by atoms with van der Waals surface area (Å²) in [6.07, 6.45) is 1.76. The molecular weight excluding hydrogens is 358 g/mol. The Morgan fingerprint density at radius 3 is 2.54 bits per heavy atom. The number of hydrogen-bond acceptors (Lipinski definition) is 6. The van der Waals surface area contributed by atoms with Gasteiger partial charge in [0.25, 0.3) is 5.91 Å². The molecule has 0 fully saturated rings. The van der Waals surface area contributed by atoms with Gasteiger partial charge in [-0.3, -0.25) is 4.79 Å². The Bertz CT molecular complexity index is 905. The van der Waals surface area contributed by atoms with E-state index in [4.69, 9.17) is 14.3 Å². The van der Waals surface area contributed by atoms with Crippen LogP contribution in [0.2, 0.25) is 0 Å². The number of carbonyl (C=O) groups is 2. The molecular formula is C18H21NO6S. The molecule has 1 amide bonds. The van der Waals surface area contributed by atoms with E-state index < -0.39 is 23.5 Å². The van der Waals surface area contributed by atoms with Crippen LogP contribution in [0.4, 0.5) is 0 Å². The van der Waals surface area contributed by atoms with E-state index in [0.29, 0.717) is 22.5 Å². The highest BCUT2D eigenvalue weighted by molar-refractivity contribution is 7.98. The van der Waals surface area contributed by atoms with Crippen LogP contribution in [0.15, 0.2) is 21.3 Å². The molecule has 1 unspecified atom stereocenters. The second-order valence-electron chi connectivity index (χ2n) is 5.91. The van der Waals surface area contributed by atoms with Crippen LogP contribution < -0.4 is 15.7 Å². The molecule has 2 aromatic rings. The largest absolute Gasteiger partial charge is 0.483 e. The van der Waals surface area contributed by atoms with E-state index in [2.05, 4.69) is 5.32 Å². The Hall–Kier alpha value is -2.48. The lowest BCUT2D eigenvalue weighted by atomic mass is 10.0. The van der Waals surface area contributed by atoms with Gasteiger partial charge < -0.3 is 19.6 Å². The number of hydrogen-bond donors (Lipinski definition) is 2. The molecule has 0 radical (unpaired) electrons. The lowest BCUT2D eigenvalue weighted by molar-refractivity contribution is -0.141. The number of aliphatic carboxylic acids is 1. The number of fused-ring (bicyclic) bond motifs is 1. The monoisotopic (exact) mass is 379 g/mol. The third kappa shape index (κ3) is 4.19. The first-order valence-electron chi connectivity index (χ1n) is 7.93. The van der Waals surface area contributed by atoms with Crippen LogP contribution in [0.5, 0.6) is 5.75 Å². The average Bonchev–Trinajstić information content (AvgIpc) is 2.59. The van der Waals surface area contributed by atoms with Crippen molar-refractivity contribution in [3.63, 3.8) is 0 Å². The van der Waals surface area contributed by atoms with Crippen molar-refractivity contribution in [2.24, 2.45) is 0 Å². The Kier molecular flexibility index (Phi) is 6.31. The minimum atomic E-state index is -1.10. The summed E-state index contributed by atoms with van der Waals surface area (Å²) < 4.78 is 10.9. The predicted molar refractivity (Wildman–Crippen MR) is 100 cm³/mol. The summed E-state index contributed by atoms with van der Waals surface area (Å²) in [6.45, 7) is 4.96. The first-order chi connectivity index (χ1) is 12.3. The Balaban J connectivity index is 2.18. The van der Waals surface area contributed by atoms with E-state index in [1.54, 1.807) is 32.2 Å². The Morgan fingerprint density at radius 1 is 1.23 bits per heavy atom. The van der Waals surface area contributed by atoms with Crippen LogP contribution in [0.25, 0.3) is 11.0 Å². The number of thioether (sulfide) groups is 1. The number of amides is 1. The maximum atomic E-state index is 12.0. The maximum absolute atomic E-state index is 12.0. The van der Waals surface area contributed by atoms with E-state index in [0.717, 1.165) is 10.9 Å². The van der Waals surface area contributed by atoms with Gasteiger partial charge in [0.2, 0.25) is 0 Å². The second kappa shape index (κ2) is 8.27. The SMILES string of the molecule is CSCC(NC(=O)COc1ccc2c(C)c(C)c(=O)oc2c1C)C(=O)O. The van der Waals surface area contributed by atoms with Crippen molar-refractivity contribution in [1.29, 1.82) is 0 Å². The van der Waals surface area contributed by atoms with Crippen molar-refractivity contribution in [2.75, 3.05) is 18.6 Å². The highest BCUT2D eigenvalue weighted by atomic mass is 32.2. The Morgan fingerprint density at radius 2 is 1.92 bits per heavy atom. The summed E-state index contributed by atoms with van der Waals surface area (Å²) >= 11 is 1.32. The topological polar surface area (TPSA) is 106 Å². The molecule has 1 atom stereocenters. The molecule has 1 aromatic carbocycles. The molecule has 0 aliphatic heterocycles. The molecule has 0 aliphatic rings. The molecule has 1 heterocycles. The molecule has 0 saturated carbocycles. The van der Waals surface area contributed by atoms with Gasteiger partial charge in [-0.1, -0.05) is 0 Å². The van der Waals surface area contributed by atoms with Gasteiger partial charge in [-0.15, -0.1) is 0 Å². The van der Waals surface area contributed by atoms with E-state index in [1.807, 2.05) is 6.92 Å². The molecule has 0 bridgehead atoms. The van der Waals surface area contributed by atoms with Crippen LogP contribution in [0.3, 0.4) is 0 Å². The number of benzene rings is 1. The number of carbonyl (C=O) groups excluding carboxylic acids is 1. The standard InChI is InChI=1S/C18H21NO6S/c1-9-10(2)18(23)25-16-11(3)14(6-5-12(9)16)24-7-15(20)19-13(8-26-4)17(21)22/h5-6,13H,7-8H2,1-4H3,(H,19,20)(H,21,22). The van der Waals surface area contributed by atoms with Gasteiger partial charge in [-0.25, -0.2) is 9.59 Å². The highest BCUT2D eigenvalue weighted by Gasteiger charge is 2.20. The van der Waals surface area contributed by atoms with Crippen LogP contribution >= 0.6 is 11.8 Å². The van der Waals surface area contributed by atoms with Crippen LogP contribution in [0, 0.1) is 20.8 Å². The van der Waals surface area contributed by atoms with Crippen LogP contribution in [0.1, 0.15) is 16.7 Å².